The SMILES string of the molecule is CO/N=C\C(C#N)=N\Nc1ccc(OC)cc1. The van der Waals surface area contributed by atoms with Crippen LogP contribution in [0.4, 0.5) is 5.69 Å². The Labute approximate surface area is 99.1 Å². The Morgan fingerprint density at radius 2 is 2.06 bits per heavy atom. The molecule has 0 amide bonds. The predicted molar refractivity (Wildman–Crippen MR) is 65.2 cm³/mol. The Hall–Kier alpha value is -2.55. The molecule has 0 aliphatic heterocycles. The average Bonchev–Trinajstić information content (AvgIpc) is 2.39. The quantitative estimate of drug-likeness (QED) is 0.618. The maximum atomic E-state index is 8.73. The molecule has 6 heteroatoms. The summed E-state index contributed by atoms with van der Waals surface area (Å²) in [5.74, 6) is 0.751. The number of hydrogen-bond donors (Lipinski definition) is 1. The molecule has 1 rings (SSSR count). The Bertz CT molecular complexity index is 446. The van der Waals surface area contributed by atoms with Crippen LogP contribution in [-0.4, -0.2) is 26.1 Å². The van der Waals surface area contributed by atoms with Gasteiger partial charge in [0.2, 0.25) is 0 Å². The first-order valence-electron chi connectivity index (χ1n) is 4.74. The molecule has 0 spiro atoms. The van der Waals surface area contributed by atoms with E-state index in [1.54, 1.807) is 31.4 Å². The number of anilines is 1. The van der Waals surface area contributed by atoms with E-state index in [0.717, 1.165) is 11.4 Å². The first kappa shape index (κ1) is 12.5. The van der Waals surface area contributed by atoms with Gasteiger partial charge in [-0.15, -0.1) is 0 Å². The monoisotopic (exact) mass is 232 g/mol. The minimum atomic E-state index is 0.114. The lowest BCUT2D eigenvalue weighted by atomic mass is 10.3. The maximum Gasteiger partial charge on any atom is 0.182 e. The van der Waals surface area contributed by atoms with E-state index >= 15 is 0 Å². The second kappa shape index (κ2) is 6.85. The summed E-state index contributed by atoms with van der Waals surface area (Å²) in [6.45, 7) is 0. The highest BCUT2D eigenvalue weighted by Gasteiger charge is 1.94. The molecule has 6 nitrogen and oxygen atoms in total. The number of rotatable bonds is 5. The third-order valence-corrected chi connectivity index (χ3v) is 1.79. The van der Waals surface area contributed by atoms with Gasteiger partial charge in [0.05, 0.1) is 12.8 Å². The van der Waals surface area contributed by atoms with Gasteiger partial charge in [0.25, 0.3) is 0 Å². The fraction of sp³-hybridized carbons (Fsp3) is 0.182. The number of nitrogens with one attached hydrogen (secondary N) is 1. The van der Waals surface area contributed by atoms with E-state index in [4.69, 9.17) is 10.00 Å². The molecule has 1 aromatic carbocycles. The molecular weight excluding hydrogens is 220 g/mol. The molecular formula is C11H12N4O2. The number of nitrogens with zero attached hydrogens (tertiary/aromatic N) is 3. The zero-order valence-electron chi connectivity index (χ0n) is 9.54. The Morgan fingerprint density at radius 3 is 2.59 bits per heavy atom. The van der Waals surface area contributed by atoms with Crippen LogP contribution in [0, 0.1) is 11.3 Å². The topological polar surface area (TPSA) is 79.0 Å². The first-order chi connectivity index (χ1) is 8.30. The van der Waals surface area contributed by atoms with Gasteiger partial charge in [-0.3, -0.25) is 5.43 Å². The molecule has 0 aliphatic rings. The minimum Gasteiger partial charge on any atom is -0.497 e. The summed E-state index contributed by atoms with van der Waals surface area (Å²) in [6.07, 6.45) is 1.22. The van der Waals surface area contributed by atoms with Crippen molar-refractivity contribution in [2.45, 2.75) is 0 Å². The average molecular weight is 232 g/mol. The Balaban J connectivity index is 2.67. The lowest BCUT2D eigenvalue weighted by Gasteiger charge is -2.02. The fourth-order valence-electron chi connectivity index (χ4n) is 0.976. The van der Waals surface area contributed by atoms with Crippen LogP contribution in [0.1, 0.15) is 0 Å². The van der Waals surface area contributed by atoms with Crippen molar-refractivity contribution in [1.82, 2.24) is 0 Å². The normalized spacial score (nSPS) is 11.0. The molecule has 0 radical (unpaired) electrons. The highest BCUT2D eigenvalue weighted by atomic mass is 16.6. The number of ether oxygens (including phenoxy) is 1. The molecule has 0 fully saturated rings. The number of nitriles is 1. The third-order valence-electron chi connectivity index (χ3n) is 1.79. The smallest absolute Gasteiger partial charge is 0.182 e. The second-order valence-electron chi connectivity index (χ2n) is 2.87. The molecule has 0 aromatic heterocycles. The lowest BCUT2D eigenvalue weighted by Crippen LogP contribution is -2.01. The van der Waals surface area contributed by atoms with Gasteiger partial charge in [-0.25, -0.2) is 0 Å². The highest BCUT2D eigenvalue weighted by Crippen LogP contribution is 2.14. The van der Waals surface area contributed by atoms with Crippen molar-refractivity contribution in [1.29, 1.82) is 5.26 Å². The van der Waals surface area contributed by atoms with Crippen molar-refractivity contribution in [2.24, 2.45) is 10.3 Å². The number of hydrogen-bond acceptors (Lipinski definition) is 6. The Kier molecular flexibility index (Phi) is 5.04. The van der Waals surface area contributed by atoms with Gasteiger partial charge in [-0.2, -0.15) is 10.4 Å². The first-order valence-corrected chi connectivity index (χ1v) is 4.74. The molecule has 0 bridgehead atoms. The van der Waals surface area contributed by atoms with Gasteiger partial charge < -0.3 is 9.57 Å². The summed E-state index contributed by atoms with van der Waals surface area (Å²) in [5.41, 5.74) is 3.57. The largest absolute Gasteiger partial charge is 0.497 e. The van der Waals surface area contributed by atoms with Gasteiger partial charge in [0.15, 0.2) is 5.71 Å². The zero-order valence-corrected chi connectivity index (χ0v) is 9.54. The standard InChI is InChI=1S/C11H12N4O2/c1-16-11-5-3-9(4-6-11)14-15-10(7-12)8-13-17-2/h3-6,8,14H,1-2H3/b13-8-,15-10+. The fourth-order valence-corrected chi connectivity index (χ4v) is 0.976. The predicted octanol–water partition coefficient (Wildman–Crippen LogP) is 1.62. The van der Waals surface area contributed by atoms with Crippen LogP contribution in [0.15, 0.2) is 34.5 Å². The Morgan fingerprint density at radius 1 is 1.35 bits per heavy atom. The van der Waals surface area contributed by atoms with Gasteiger partial charge >= 0.3 is 0 Å². The zero-order chi connectivity index (χ0) is 12.5. The van der Waals surface area contributed by atoms with Crippen molar-refractivity contribution in [3.05, 3.63) is 24.3 Å². The van der Waals surface area contributed by atoms with Gasteiger partial charge in [-0.1, -0.05) is 5.16 Å². The molecule has 88 valence electrons. The summed E-state index contributed by atoms with van der Waals surface area (Å²) in [4.78, 5) is 4.45. The van der Waals surface area contributed by atoms with E-state index in [-0.39, 0.29) is 5.71 Å². The number of methoxy groups -OCH3 is 1. The molecule has 1 aromatic rings. The molecule has 1 N–H and O–H groups in total. The maximum absolute atomic E-state index is 8.73. The highest BCUT2D eigenvalue weighted by molar-refractivity contribution is 6.37. The van der Waals surface area contributed by atoms with Crippen molar-refractivity contribution in [3.63, 3.8) is 0 Å². The molecule has 0 heterocycles. The van der Waals surface area contributed by atoms with E-state index in [1.165, 1.54) is 13.3 Å². The molecule has 0 unspecified atom stereocenters. The van der Waals surface area contributed by atoms with Crippen LogP contribution in [-0.2, 0) is 4.84 Å². The van der Waals surface area contributed by atoms with Gasteiger partial charge in [0, 0.05) is 0 Å². The van der Waals surface area contributed by atoms with E-state index in [2.05, 4.69) is 20.5 Å². The van der Waals surface area contributed by atoms with Crippen LogP contribution in [0.3, 0.4) is 0 Å². The van der Waals surface area contributed by atoms with E-state index in [1.807, 2.05) is 6.07 Å². The summed E-state index contributed by atoms with van der Waals surface area (Å²) in [6, 6.07) is 9.00. The van der Waals surface area contributed by atoms with E-state index in [9.17, 15) is 0 Å². The molecule has 17 heavy (non-hydrogen) atoms. The van der Waals surface area contributed by atoms with Crippen LogP contribution in [0.25, 0.3) is 0 Å². The van der Waals surface area contributed by atoms with Gasteiger partial charge in [0.1, 0.15) is 25.1 Å². The molecule has 0 saturated carbocycles. The molecule has 0 aliphatic carbocycles. The summed E-state index contributed by atoms with van der Waals surface area (Å²) >= 11 is 0. The summed E-state index contributed by atoms with van der Waals surface area (Å²) in [7, 11) is 2.98. The van der Waals surface area contributed by atoms with Crippen LogP contribution >= 0.6 is 0 Å². The number of hydrazone groups is 1. The third kappa shape index (κ3) is 4.22. The minimum absolute atomic E-state index is 0.114. The van der Waals surface area contributed by atoms with Crippen LogP contribution < -0.4 is 10.2 Å². The summed E-state index contributed by atoms with van der Waals surface area (Å²) < 4.78 is 5.02. The van der Waals surface area contributed by atoms with Crippen molar-refractivity contribution in [2.75, 3.05) is 19.6 Å². The molecule has 0 saturated heterocycles. The lowest BCUT2D eigenvalue weighted by molar-refractivity contribution is 0.216. The van der Waals surface area contributed by atoms with Crippen LogP contribution in [0.2, 0.25) is 0 Å². The second-order valence-corrected chi connectivity index (χ2v) is 2.87. The van der Waals surface area contributed by atoms with Crippen LogP contribution in [0.5, 0.6) is 5.75 Å². The number of oxime groups is 1. The van der Waals surface area contributed by atoms with Crippen molar-refractivity contribution >= 4 is 17.6 Å². The van der Waals surface area contributed by atoms with E-state index in [0.29, 0.717) is 0 Å². The number of benzene rings is 1. The van der Waals surface area contributed by atoms with Crippen molar-refractivity contribution < 1.29 is 9.57 Å². The van der Waals surface area contributed by atoms with Crippen molar-refractivity contribution in [3.8, 4) is 11.8 Å². The van der Waals surface area contributed by atoms with E-state index < -0.39 is 0 Å². The molecule has 0 atom stereocenters. The van der Waals surface area contributed by atoms with Gasteiger partial charge in [-0.05, 0) is 24.3 Å². The summed E-state index contributed by atoms with van der Waals surface area (Å²) in [5, 5.41) is 16.0.